The number of imidazole rings is 1. The van der Waals surface area contributed by atoms with Crippen molar-refractivity contribution in [2.45, 2.75) is 25.4 Å². The van der Waals surface area contributed by atoms with E-state index in [0.717, 1.165) is 16.7 Å². The van der Waals surface area contributed by atoms with Crippen LogP contribution in [0.3, 0.4) is 0 Å². The fraction of sp³-hybridized carbons (Fsp3) is 0.350. The molecular formula is C20H21ClN4O2. The Balaban J connectivity index is 1.57. The molecule has 140 valence electrons. The highest BCUT2D eigenvalue weighted by molar-refractivity contribution is 6.30. The number of ether oxygens (including phenoxy) is 1. The van der Waals surface area contributed by atoms with Gasteiger partial charge in [-0.1, -0.05) is 23.7 Å². The molecule has 4 rings (SSSR count). The van der Waals surface area contributed by atoms with E-state index in [9.17, 15) is 4.79 Å². The van der Waals surface area contributed by atoms with Crippen LogP contribution < -0.4 is 0 Å². The van der Waals surface area contributed by atoms with Crippen LogP contribution in [-0.2, 0) is 11.3 Å². The zero-order valence-electron chi connectivity index (χ0n) is 15.1. The molecule has 7 heteroatoms. The molecule has 0 bridgehead atoms. The Morgan fingerprint density at radius 1 is 1.30 bits per heavy atom. The van der Waals surface area contributed by atoms with Crippen molar-refractivity contribution in [2.24, 2.45) is 0 Å². The third kappa shape index (κ3) is 3.96. The van der Waals surface area contributed by atoms with Gasteiger partial charge in [-0.3, -0.25) is 4.79 Å². The van der Waals surface area contributed by atoms with Crippen LogP contribution in [0.5, 0.6) is 0 Å². The van der Waals surface area contributed by atoms with Crippen LogP contribution in [0, 0.1) is 0 Å². The second-order valence-electron chi connectivity index (χ2n) is 6.80. The summed E-state index contributed by atoms with van der Waals surface area (Å²) in [7, 11) is 1.63. The van der Waals surface area contributed by atoms with Gasteiger partial charge in [0, 0.05) is 37.5 Å². The summed E-state index contributed by atoms with van der Waals surface area (Å²) in [6, 6.07) is 9.84. The average Bonchev–Trinajstić information content (AvgIpc) is 3.44. The summed E-state index contributed by atoms with van der Waals surface area (Å²) >= 11 is 5.96. The van der Waals surface area contributed by atoms with E-state index < -0.39 is 0 Å². The highest BCUT2D eigenvalue weighted by Crippen LogP contribution is 2.36. The smallest absolute Gasteiger partial charge is 0.255 e. The fourth-order valence-corrected chi connectivity index (χ4v) is 3.23. The number of carbonyl (C=O) groups is 1. The second-order valence-corrected chi connectivity index (χ2v) is 7.23. The predicted octanol–water partition coefficient (Wildman–Crippen LogP) is 3.71. The lowest BCUT2D eigenvalue weighted by molar-refractivity contribution is 0.0680. The summed E-state index contributed by atoms with van der Waals surface area (Å²) in [6.45, 7) is 1.44. The number of rotatable bonds is 7. The van der Waals surface area contributed by atoms with Crippen molar-refractivity contribution in [1.29, 1.82) is 0 Å². The van der Waals surface area contributed by atoms with Crippen molar-refractivity contribution in [1.82, 2.24) is 19.4 Å². The molecule has 0 radical (unpaired) electrons. The minimum Gasteiger partial charge on any atom is -0.383 e. The van der Waals surface area contributed by atoms with Crippen molar-refractivity contribution in [2.75, 3.05) is 20.3 Å². The van der Waals surface area contributed by atoms with Gasteiger partial charge in [-0.05, 0) is 36.6 Å². The zero-order valence-corrected chi connectivity index (χ0v) is 15.9. The van der Waals surface area contributed by atoms with Gasteiger partial charge < -0.3 is 14.2 Å². The number of halogens is 1. The van der Waals surface area contributed by atoms with Crippen LogP contribution in [-0.4, -0.2) is 45.6 Å². The summed E-state index contributed by atoms with van der Waals surface area (Å²) in [5, 5.41) is 0.675. The van der Waals surface area contributed by atoms with Gasteiger partial charge in [0.2, 0.25) is 0 Å². The lowest BCUT2D eigenvalue weighted by Crippen LogP contribution is -2.33. The number of hydrogen-bond acceptors (Lipinski definition) is 4. The molecule has 0 unspecified atom stereocenters. The Hall–Kier alpha value is -2.44. The third-order valence-electron chi connectivity index (χ3n) is 4.74. The molecule has 1 aliphatic rings. The van der Waals surface area contributed by atoms with Gasteiger partial charge in [0.25, 0.3) is 5.91 Å². The van der Waals surface area contributed by atoms with Crippen LogP contribution in [0.4, 0.5) is 0 Å². The number of methoxy groups -OCH3 is 1. The minimum atomic E-state index is -0.0858. The standard InChI is InChI=1S/C20H21ClN4O2/c1-27-9-8-24(12-14-2-4-16(21)5-3-14)20(26)15-10-18-19(22-11-15)25(13-23-18)17-6-7-17/h2-5,10-11,13,17H,6-9,12H2,1H3. The molecule has 0 atom stereocenters. The quantitative estimate of drug-likeness (QED) is 0.623. The number of hydrogen-bond donors (Lipinski definition) is 0. The number of fused-ring (bicyclic) bond motifs is 1. The maximum atomic E-state index is 13.1. The summed E-state index contributed by atoms with van der Waals surface area (Å²) in [4.78, 5) is 23.8. The molecule has 1 saturated carbocycles. The molecule has 2 aromatic heterocycles. The maximum absolute atomic E-state index is 13.1. The molecule has 0 N–H and O–H groups in total. The van der Waals surface area contributed by atoms with Gasteiger partial charge >= 0.3 is 0 Å². The van der Waals surface area contributed by atoms with E-state index >= 15 is 0 Å². The average molecular weight is 385 g/mol. The largest absolute Gasteiger partial charge is 0.383 e. The zero-order chi connectivity index (χ0) is 18.8. The molecule has 0 spiro atoms. The van der Waals surface area contributed by atoms with Crippen LogP contribution in [0.1, 0.15) is 34.8 Å². The van der Waals surface area contributed by atoms with Crippen molar-refractivity contribution >= 4 is 28.7 Å². The van der Waals surface area contributed by atoms with Crippen LogP contribution in [0.2, 0.25) is 5.02 Å². The fourth-order valence-electron chi connectivity index (χ4n) is 3.10. The van der Waals surface area contributed by atoms with Crippen LogP contribution in [0.25, 0.3) is 11.2 Å². The first-order valence-electron chi connectivity index (χ1n) is 9.01. The van der Waals surface area contributed by atoms with E-state index in [1.54, 1.807) is 18.2 Å². The van der Waals surface area contributed by atoms with Gasteiger partial charge in [-0.2, -0.15) is 0 Å². The molecule has 27 heavy (non-hydrogen) atoms. The van der Waals surface area contributed by atoms with Gasteiger partial charge in [0.15, 0.2) is 5.65 Å². The highest BCUT2D eigenvalue weighted by atomic mass is 35.5. The van der Waals surface area contributed by atoms with Crippen molar-refractivity contribution in [3.05, 3.63) is 59.0 Å². The maximum Gasteiger partial charge on any atom is 0.255 e. The van der Waals surface area contributed by atoms with Gasteiger partial charge in [0.05, 0.1) is 18.5 Å². The van der Waals surface area contributed by atoms with Gasteiger partial charge in [0.1, 0.15) is 5.52 Å². The van der Waals surface area contributed by atoms with Crippen LogP contribution >= 0.6 is 11.6 Å². The van der Waals surface area contributed by atoms with E-state index in [2.05, 4.69) is 14.5 Å². The van der Waals surface area contributed by atoms with E-state index in [1.165, 1.54) is 12.8 Å². The van der Waals surface area contributed by atoms with Gasteiger partial charge in [-0.15, -0.1) is 0 Å². The topological polar surface area (TPSA) is 60.2 Å². The first kappa shape index (κ1) is 17.9. The molecule has 1 fully saturated rings. The molecule has 1 amide bonds. The molecule has 2 heterocycles. The number of benzene rings is 1. The summed E-state index contributed by atoms with van der Waals surface area (Å²) in [5.41, 5.74) is 3.14. The second kappa shape index (κ2) is 7.66. The molecule has 3 aromatic rings. The Kier molecular flexibility index (Phi) is 5.09. The SMILES string of the molecule is COCCN(Cc1ccc(Cl)cc1)C(=O)c1cnc2c(c1)ncn2C1CC1. The van der Waals surface area contributed by atoms with Crippen molar-refractivity contribution in [3.63, 3.8) is 0 Å². The van der Waals surface area contributed by atoms with Crippen LogP contribution in [0.15, 0.2) is 42.9 Å². The lowest BCUT2D eigenvalue weighted by Gasteiger charge is -2.22. The summed E-state index contributed by atoms with van der Waals surface area (Å²) in [5.74, 6) is -0.0858. The van der Waals surface area contributed by atoms with E-state index in [1.807, 2.05) is 36.7 Å². The van der Waals surface area contributed by atoms with E-state index in [4.69, 9.17) is 16.3 Å². The predicted molar refractivity (Wildman–Crippen MR) is 104 cm³/mol. The Bertz CT molecular complexity index is 950. The number of pyridine rings is 1. The molecule has 1 aromatic carbocycles. The minimum absolute atomic E-state index is 0.0858. The third-order valence-corrected chi connectivity index (χ3v) is 4.99. The molecule has 0 saturated heterocycles. The molecule has 0 aliphatic heterocycles. The number of carbonyl (C=O) groups excluding carboxylic acids is 1. The Labute approximate surface area is 162 Å². The normalized spacial score (nSPS) is 13.9. The van der Waals surface area contributed by atoms with E-state index in [0.29, 0.717) is 36.3 Å². The van der Waals surface area contributed by atoms with Crippen molar-refractivity contribution in [3.8, 4) is 0 Å². The number of aromatic nitrogens is 3. The first-order chi connectivity index (χ1) is 13.2. The summed E-state index contributed by atoms with van der Waals surface area (Å²) < 4.78 is 7.27. The lowest BCUT2D eigenvalue weighted by atomic mass is 10.2. The first-order valence-corrected chi connectivity index (χ1v) is 9.39. The monoisotopic (exact) mass is 384 g/mol. The highest BCUT2D eigenvalue weighted by Gasteiger charge is 2.26. The van der Waals surface area contributed by atoms with Gasteiger partial charge in [-0.25, -0.2) is 9.97 Å². The van der Waals surface area contributed by atoms with Crippen molar-refractivity contribution < 1.29 is 9.53 Å². The molecule has 6 nitrogen and oxygen atoms in total. The molecule has 1 aliphatic carbocycles. The Morgan fingerprint density at radius 2 is 2.07 bits per heavy atom. The Morgan fingerprint density at radius 3 is 2.78 bits per heavy atom. The molecular weight excluding hydrogens is 364 g/mol. The number of amides is 1. The van der Waals surface area contributed by atoms with E-state index in [-0.39, 0.29) is 5.91 Å². The number of nitrogens with zero attached hydrogens (tertiary/aromatic N) is 4. The summed E-state index contributed by atoms with van der Waals surface area (Å²) in [6.07, 6.45) is 5.80.